The number of rotatable bonds is 2. The van der Waals surface area contributed by atoms with E-state index in [2.05, 4.69) is 63.7 Å². The van der Waals surface area contributed by atoms with Crippen LogP contribution in [0, 0.1) is 10.1 Å². The van der Waals surface area contributed by atoms with Crippen molar-refractivity contribution in [1.82, 2.24) is 0 Å². The van der Waals surface area contributed by atoms with Crippen LogP contribution in [0.2, 0.25) is 0 Å². The molecule has 0 saturated heterocycles. The molecule has 1 aromatic rings. The van der Waals surface area contributed by atoms with E-state index in [1.165, 1.54) is 7.11 Å². The average Bonchev–Trinajstić information content (AvgIpc) is 2.16. The van der Waals surface area contributed by atoms with Crippen molar-refractivity contribution in [3.8, 4) is 5.75 Å². The van der Waals surface area contributed by atoms with Gasteiger partial charge in [0.15, 0.2) is 0 Å². The van der Waals surface area contributed by atoms with Gasteiger partial charge in [-0.05, 0) is 63.7 Å². The second kappa shape index (κ2) is 5.11. The van der Waals surface area contributed by atoms with E-state index in [1.54, 1.807) is 0 Å². The Morgan fingerprint density at radius 1 is 1.07 bits per heavy atom. The molecule has 4 nitrogen and oxygen atoms in total. The topological polar surface area (TPSA) is 52.4 Å². The Kier molecular flexibility index (Phi) is 4.57. The van der Waals surface area contributed by atoms with E-state index in [4.69, 9.17) is 4.74 Å². The molecule has 8 heteroatoms. The Hall–Kier alpha value is 0.340. The molecular weight excluding hydrogens is 466 g/mol. The van der Waals surface area contributed by atoms with Crippen molar-refractivity contribution in [1.29, 1.82) is 0 Å². The van der Waals surface area contributed by atoms with Gasteiger partial charge in [0.05, 0.1) is 21.0 Å². The van der Waals surface area contributed by atoms with Gasteiger partial charge in [-0.1, -0.05) is 0 Å². The predicted molar refractivity (Wildman–Crippen MR) is 70.4 cm³/mol. The maximum atomic E-state index is 10.8. The summed E-state index contributed by atoms with van der Waals surface area (Å²) < 4.78 is 6.75. The Morgan fingerprint density at radius 3 is 1.73 bits per heavy atom. The number of methoxy groups -OCH3 is 1. The van der Waals surface area contributed by atoms with Gasteiger partial charge in [-0.15, -0.1) is 0 Å². The van der Waals surface area contributed by atoms with E-state index in [1.807, 2.05) is 0 Å². The van der Waals surface area contributed by atoms with E-state index in [9.17, 15) is 10.1 Å². The molecule has 0 aliphatic heterocycles. The SMILES string of the molecule is COc1c(Br)c(Br)c([N+](=O)[O-])c(Br)c1Br. The molecule has 0 atom stereocenters. The maximum absolute atomic E-state index is 10.8. The lowest BCUT2D eigenvalue weighted by atomic mass is 10.3. The van der Waals surface area contributed by atoms with Crippen molar-refractivity contribution in [3.05, 3.63) is 28.0 Å². The third-order valence-corrected chi connectivity index (χ3v) is 5.71. The molecule has 0 aliphatic carbocycles. The minimum absolute atomic E-state index is 0.0606. The van der Waals surface area contributed by atoms with Crippen LogP contribution in [0.5, 0.6) is 5.75 Å². The van der Waals surface area contributed by atoms with E-state index < -0.39 is 4.92 Å². The number of nitrogens with zero attached hydrogens (tertiary/aromatic N) is 1. The lowest BCUT2D eigenvalue weighted by Crippen LogP contribution is -1.96. The van der Waals surface area contributed by atoms with Crippen LogP contribution in [0.1, 0.15) is 0 Å². The minimum Gasteiger partial charge on any atom is -0.494 e. The summed E-state index contributed by atoms with van der Waals surface area (Å²) >= 11 is 12.7. The van der Waals surface area contributed by atoms with Crippen LogP contribution in [-0.4, -0.2) is 12.0 Å². The summed E-state index contributed by atoms with van der Waals surface area (Å²) in [6.45, 7) is 0. The van der Waals surface area contributed by atoms with Gasteiger partial charge in [0.2, 0.25) is 0 Å². The molecule has 0 aliphatic rings. The number of hydrogen-bond acceptors (Lipinski definition) is 3. The number of halogens is 4. The van der Waals surface area contributed by atoms with E-state index >= 15 is 0 Å². The fourth-order valence-corrected chi connectivity index (χ4v) is 3.61. The van der Waals surface area contributed by atoms with Crippen LogP contribution < -0.4 is 4.74 Å². The third-order valence-electron chi connectivity index (χ3n) is 1.59. The zero-order valence-corrected chi connectivity index (χ0v) is 13.5. The molecule has 0 saturated carbocycles. The molecule has 82 valence electrons. The molecule has 0 amide bonds. The zero-order chi connectivity index (χ0) is 11.7. The molecule has 15 heavy (non-hydrogen) atoms. The summed E-state index contributed by atoms with van der Waals surface area (Å²) in [5, 5.41) is 10.8. The lowest BCUT2D eigenvalue weighted by Gasteiger charge is -2.10. The molecule has 0 radical (unpaired) electrons. The van der Waals surface area contributed by atoms with E-state index in [-0.39, 0.29) is 5.69 Å². The van der Waals surface area contributed by atoms with Crippen LogP contribution in [-0.2, 0) is 0 Å². The smallest absolute Gasteiger partial charge is 0.300 e. The first-order chi connectivity index (χ1) is 6.91. The average molecular weight is 469 g/mol. The summed E-state index contributed by atoms with van der Waals surface area (Å²) in [7, 11) is 1.48. The first kappa shape index (κ1) is 13.4. The van der Waals surface area contributed by atoms with Gasteiger partial charge < -0.3 is 4.74 Å². The van der Waals surface area contributed by atoms with Gasteiger partial charge in [0, 0.05) is 0 Å². The maximum Gasteiger partial charge on any atom is 0.300 e. The van der Waals surface area contributed by atoms with Crippen molar-refractivity contribution < 1.29 is 9.66 Å². The van der Waals surface area contributed by atoms with E-state index in [0.29, 0.717) is 23.6 Å². The van der Waals surface area contributed by atoms with Gasteiger partial charge in [-0.2, -0.15) is 0 Å². The zero-order valence-electron chi connectivity index (χ0n) is 7.18. The summed E-state index contributed by atoms with van der Waals surface area (Å²) in [4.78, 5) is 10.3. The molecule has 1 aromatic carbocycles. The molecule has 1 rings (SSSR count). The van der Waals surface area contributed by atoms with Crippen LogP contribution >= 0.6 is 63.7 Å². The summed E-state index contributed by atoms with van der Waals surface area (Å²) in [5.74, 6) is 0.486. The molecule has 0 unspecified atom stereocenters. The first-order valence-electron chi connectivity index (χ1n) is 3.46. The molecular formula is C7H3Br4NO3. The fraction of sp³-hybridized carbons (Fsp3) is 0.143. The van der Waals surface area contributed by atoms with Crippen LogP contribution in [0.25, 0.3) is 0 Å². The first-order valence-corrected chi connectivity index (χ1v) is 6.63. The highest BCUT2D eigenvalue weighted by atomic mass is 79.9. The highest BCUT2D eigenvalue weighted by molar-refractivity contribution is 9.14. The van der Waals surface area contributed by atoms with Crippen molar-refractivity contribution in [3.63, 3.8) is 0 Å². The Morgan fingerprint density at radius 2 is 1.47 bits per heavy atom. The van der Waals surface area contributed by atoms with Crippen LogP contribution in [0.15, 0.2) is 17.9 Å². The van der Waals surface area contributed by atoms with Crippen LogP contribution in [0.3, 0.4) is 0 Å². The predicted octanol–water partition coefficient (Wildman–Crippen LogP) is 4.65. The van der Waals surface area contributed by atoms with E-state index in [0.717, 1.165) is 0 Å². The summed E-state index contributed by atoms with van der Waals surface area (Å²) in [6, 6.07) is 0. The molecule has 0 heterocycles. The number of nitro groups is 1. The van der Waals surface area contributed by atoms with Gasteiger partial charge in [-0.3, -0.25) is 10.1 Å². The molecule has 0 aromatic heterocycles. The molecule has 0 fully saturated rings. The Labute approximate surface area is 119 Å². The fourth-order valence-electron chi connectivity index (χ4n) is 0.939. The number of benzene rings is 1. The second-order valence-corrected chi connectivity index (χ2v) is 5.57. The normalized spacial score (nSPS) is 10.2. The Bertz CT molecular complexity index is 406. The van der Waals surface area contributed by atoms with Crippen molar-refractivity contribution in [2.75, 3.05) is 7.11 Å². The van der Waals surface area contributed by atoms with Crippen molar-refractivity contribution >= 4 is 69.4 Å². The molecule has 0 bridgehead atoms. The monoisotopic (exact) mass is 465 g/mol. The van der Waals surface area contributed by atoms with Crippen molar-refractivity contribution in [2.24, 2.45) is 0 Å². The second-order valence-electron chi connectivity index (χ2n) is 2.39. The quantitative estimate of drug-likeness (QED) is 0.361. The number of nitro benzene ring substituents is 1. The summed E-state index contributed by atoms with van der Waals surface area (Å²) in [6.07, 6.45) is 0. The van der Waals surface area contributed by atoms with Crippen molar-refractivity contribution in [2.45, 2.75) is 0 Å². The lowest BCUT2D eigenvalue weighted by molar-refractivity contribution is -0.386. The highest BCUT2D eigenvalue weighted by Gasteiger charge is 2.27. The third kappa shape index (κ3) is 2.37. The number of ether oxygens (including phenoxy) is 1. The highest BCUT2D eigenvalue weighted by Crippen LogP contribution is 2.49. The van der Waals surface area contributed by atoms with Gasteiger partial charge in [0.25, 0.3) is 5.69 Å². The summed E-state index contributed by atoms with van der Waals surface area (Å²) in [5.41, 5.74) is -0.0606. The van der Waals surface area contributed by atoms with Gasteiger partial charge in [0.1, 0.15) is 14.7 Å². The van der Waals surface area contributed by atoms with Gasteiger partial charge >= 0.3 is 0 Å². The largest absolute Gasteiger partial charge is 0.494 e. The van der Waals surface area contributed by atoms with Crippen LogP contribution in [0.4, 0.5) is 5.69 Å². The minimum atomic E-state index is -0.483. The van der Waals surface area contributed by atoms with Gasteiger partial charge in [-0.25, -0.2) is 0 Å². The molecule has 0 N–H and O–H groups in total. The number of hydrogen-bond donors (Lipinski definition) is 0. The Balaban J connectivity index is 3.66. The standard InChI is InChI=1S/C7H3Br4NO3/c1-15-7-4(10)2(8)6(12(13)14)3(9)5(7)11/h1H3. The molecule has 0 spiro atoms.